The third-order valence-electron chi connectivity index (χ3n) is 5.78. The van der Waals surface area contributed by atoms with Crippen LogP contribution in [0.25, 0.3) is 27.1 Å². The molecule has 0 spiro atoms. The first kappa shape index (κ1) is 19.5. The van der Waals surface area contributed by atoms with Gasteiger partial charge >= 0.3 is 0 Å². The molecule has 4 aromatic rings. The molecule has 1 saturated heterocycles. The highest BCUT2D eigenvalue weighted by atomic mass is 19.1. The van der Waals surface area contributed by atoms with E-state index in [0.717, 1.165) is 32.7 Å². The van der Waals surface area contributed by atoms with Crippen LogP contribution >= 0.6 is 0 Å². The first-order chi connectivity index (χ1) is 15.2. The second-order valence-electron chi connectivity index (χ2n) is 7.70. The van der Waals surface area contributed by atoms with Crippen molar-refractivity contribution in [3.8, 4) is 0 Å². The minimum Gasteiger partial charge on any atom is -0.378 e. The predicted octanol–water partition coefficient (Wildman–Crippen LogP) is 5.42. The molecule has 1 aliphatic heterocycles. The van der Waals surface area contributed by atoms with Crippen molar-refractivity contribution < 1.29 is 13.9 Å². The van der Waals surface area contributed by atoms with E-state index >= 15 is 0 Å². The van der Waals surface area contributed by atoms with Gasteiger partial charge in [0.1, 0.15) is 5.82 Å². The molecule has 1 heterocycles. The molecule has 4 aromatic carbocycles. The SMILES string of the molecule is O=C(C=C(c1cccc(F)c1)c1cc2ccccc2c2ccccc12)N1CCOCC1. The lowest BCUT2D eigenvalue weighted by molar-refractivity contribution is -0.129. The molecular weight excluding hydrogens is 389 g/mol. The summed E-state index contributed by atoms with van der Waals surface area (Å²) in [5.74, 6) is -0.410. The van der Waals surface area contributed by atoms with Crippen LogP contribution in [0.5, 0.6) is 0 Å². The molecule has 1 amide bonds. The first-order valence-corrected chi connectivity index (χ1v) is 10.5. The second kappa shape index (κ2) is 8.32. The number of hydrogen-bond donors (Lipinski definition) is 0. The van der Waals surface area contributed by atoms with Crippen molar-refractivity contribution in [3.63, 3.8) is 0 Å². The van der Waals surface area contributed by atoms with Crippen LogP contribution in [0.15, 0.2) is 84.9 Å². The number of halogens is 1. The number of amides is 1. The van der Waals surface area contributed by atoms with Crippen LogP contribution in [0.2, 0.25) is 0 Å². The van der Waals surface area contributed by atoms with Crippen LogP contribution in [0, 0.1) is 5.82 Å². The fourth-order valence-electron chi connectivity index (χ4n) is 4.25. The standard InChI is InChI=1S/C27H22FNO2/c28-21-8-5-7-19(16-21)25(18-27(30)29-12-14-31-15-13-29)26-17-20-6-1-2-9-22(20)23-10-3-4-11-24(23)26/h1-11,16-18H,12-15H2. The molecule has 0 unspecified atom stereocenters. The van der Waals surface area contributed by atoms with E-state index in [2.05, 4.69) is 30.3 Å². The van der Waals surface area contributed by atoms with Crippen LogP contribution < -0.4 is 0 Å². The summed E-state index contributed by atoms with van der Waals surface area (Å²) in [6, 6.07) is 24.9. The van der Waals surface area contributed by atoms with Gasteiger partial charge in [-0.25, -0.2) is 4.39 Å². The summed E-state index contributed by atoms with van der Waals surface area (Å²) in [6.45, 7) is 2.19. The molecule has 0 aliphatic carbocycles. The minimum atomic E-state index is -0.327. The molecule has 4 heteroatoms. The molecule has 0 bridgehead atoms. The van der Waals surface area contributed by atoms with Crippen LogP contribution in [0.4, 0.5) is 4.39 Å². The summed E-state index contributed by atoms with van der Waals surface area (Å²) in [4.78, 5) is 14.9. The summed E-state index contributed by atoms with van der Waals surface area (Å²) in [7, 11) is 0. The Bertz CT molecular complexity index is 1310. The van der Waals surface area contributed by atoms with E-state index in [1.54, 1.807) is 17.0 Å². The number of hydrogen-bond acceptors (Lipinski definition) is 2. The van der Waals surface area contributed by atoms with E-state index in [9.17, 15) is 9.18 Å². The maximum absolute atomic E-state index is 14.2. The van der Waals surface area contributed by atoms with Gasteiger partial charge in [0, 0.05) is 19.2 Å². The lowest BCUT2D eigenvalue weighted by Crippen LogP contribution is -2.39. The zero-order valence-corrected chi connectivity index (χ0v) is 17.1. The van der Waals surface area contributed by atoms with Crippen LogP contribution in [-0.2, 0) is 9.53 Å². The topological polar surface area (TPSA) is 29.5 Å². The van der Waals surface area contributed by atoms with Gasteiger partial charge < -0.3 is 9.64 Å². The predicted molar refractivity (Wildman–Crippen MR) is 122 cm³/mol. The number of rotatable bonds is 3. The third kappa shape index (κ3) is 3.82. The number of fused-ring (bicyclic) bond motifs is 3. The van der Waals surface area contributed by atoms with Crippen molar-refractivity contribution in [1.82, 2.24) is 4.90 Å². The maximum atomic E-state index is 14.2. The van der Waals surface area contributed by atoms with E-state index in [1.165, 1.54) is 12.1 Å². The molecule has 0 aromatic heterocycles. The number of morpholine rings is 1. The number of carbonyl (C=O) groups excluding carboxylic acids is 1. The molecule has 31 heavy (non-hydrogen) atoms. The Morgan fingerprint density at radius 2 is 1.55 bits per heavy atom. The largest absolute Gasteiger partial charge is 0.378 e. The quantitative estimate of drug-likeness (QED) is 0.333. The molecule has 1 aliphatic rings. The van der Waals surface area contributed by atoms with Crippen molar-refractivity contribution >= 4 is 33.0 Å². The van der Waals surface area contributed by atoms with Gasteiger partial charge in [-0.2, -0.15) is 0 Å². The Labute approximate surface area is 180 Å². The Balaban J connectivity index is 1.75. The van der Waals surface area contributed by atoms with Crippen molar-refractivity contribution in [3.05, 3.63) is 102 Å². The van der Waals surface area contributed by atoms with Crippen LogP contribution in [0.3, 0.4) is 0 Å². The highest BCUT2D eigenvalue weighted by molar-refractivity contribution is 6.14. The van der Waals surface area contributed by atoms with Gasteiger partial charge in [-0.15, -0.1) is 0 Å². The second-order valence-corrected chi connectivity index (χ2v) is 7.70. The average Bonchev–Trinajstić information content (AvgIpc) is 2.82. The highest BCUT2D eigenvalue weighted by Crippen LogP contribution is 2.35. The minimum absolute atomic E-state index is 0.0835. The summed E-state index contributed by atoms with van der Waals surface area (Å²) < 4.78 is 19.5. The lowest BCUT2D eigenvalue weighted by Gasteiger charge is -2.26. The van der Waals surface area contributed by atoms with Crippen molar-refractivity contribution in [2.45, 2.75) is 0 Å². The molecule has 0 atom stereocenters. The number of benzene rings is 4. The summed E-state index contributed by atoms with van der Waals surface area (Å²) >= 11 is 0. The Morgan fingerprint density at radius 3 is 2.32 bits per heavy atom. The fraction of sp³-hybridized carbons (Fsp3) is 0.148. The van der Waals surface area contributed by atoms with Crippen molar-refractivity contribution in [2.75, 3.05) is 26.3 Å². The Hall–Kier alpha value is -3.50. The van der Waals surface area contributed by atoms with Gasteiger partial charge in [0.05, 0.1) is 13.2 Å². The van der Waals surface area contributed by atoms with E-state index in [4.69, 9.17) is 4.74 Å². The molecule has 1 fully saturated rings. The van der Waals surface area contributed by atoms with Gasteiger partial charge in [-0.05, 0) is 56.4 Å². The van der Waals surface area contributed by atoms with Crippen molar-refractivity contribution in [2.24, 2.45) is 0 Å². The van der Waals surface area contributed by atoms with Gasteiger partial charge in [0.2, 0.25) is 5.91 Å². The van der Waals surface area contributed by atoms with Gasteiger partial charge in [-0.3, -0.25) is 4.79 Å². The summed E-state index contributed by atoms with van der Waals surface area (Å²) in [5.41, 5.74) is 2.32. The normalized spacial score (nSPS) is 14.9. The fourth-order valence-corrected chi connectivity index (χ4v) is 4.25. The summed E-state index contributed by atoms with van der Waals surface area (Å²) in [6.07, 6.45) is 1.65. The maximum Gasteiger partial charge on any atom is 0.247 e. The van der Waals surface area contributed by atoms with E-state index in [0.29, 0.717) is 31.9 Å². The highest BCUT2D eigenvalue weighted by Gasteiger charge is 2.19. The van der Waals surface area contributed by atoms with E-state index in [1.807, 2.05) is 30.3 Å². The summed E-state index contributed by atoms with van der Waals surface area (Å²) in [5, 5.41) is 4.38. The monoisotopic (exact) mass is 411 g/mol. The smallest absolute Gasteiger partial charge is 0.247 e. The van der Waals surface area contributed by atoms with E-state index < -0.39 is 0 Å². The Morgan fingerprint density at radius 1 is 0.839 bits per heavy atom. The zero-order valence-electron chi connectivity index (χ0n) is 17.1. The average molecular weight is 411 g/mol. The van der Waals surface area contributed by atoms with Crippen molar-refractivity contribution in [1.29, 1.82) is 0 Å². The number of nitrogens with zero attached hydrogens (tertiary/aromatic N) is 1. The molecule has 0 radical (unpaired) electrons. The number of carbonyl (C=O) groups is 1. The molecule has 5 rings (SSSR count). The number of ether oxygens (including phenoxy) is 1. The van der Waals surface area contributed by atoms with Gasteiger partial charge in [0.15, 0.2) is 0 Å². The molecule has 0 N–H and O–H groups in total. The van der Waals surface area contributed by atoms with Crippen LogP contribution in [-0.4, -0.2) is 37.1 Å². The molecule has 154 valence electrons. The first-order valence-electron chi connectivity index (χ1n) is 10.5. The molecule has 0 saturated carbocycles. The molecular formula is C27H22FNO2. The van der Waals surface area contributed by atoms with Gasteiger partial charge in [-0.1, -0.05) is 60.7 Å². The van der Waals surface area contributed by atoms with Crippen LogP contribution in [0.1, 0.15) is 11.1 Å². The van der Waals surface area contributed by atoms with Gasteiger partial charge in [0.25, 0.3) is 0 Å². The Kier molecular flexibility index (Phi) is 5.23. The third-order valence-corrected chi connectivity index (χ3v) is 5.78. The zero-order chi connectivity index (χ0) is 21.2. The lowest BCUT2D eigenvalue weighted by atomic mass is 9.89. The molecule has 3 nitrogen and oxygen atoms in total. The van der Waals surface area contributed by atoms with E-state index in [-0.39, 0.29) is 11.7 Å².